The van der Waals surface area contributed by atoms with E-state index in [4.69, 9.17) is 10.5 Å². The van der Waals surface area contributed by atoms with Gasteiger partial charge in [0.1, 0.15) is 5.82 Å². The average molecular weight is 273 g/mol. The normalized spacial score (nSPS) is 13.8. The molecule has 18 heavy (non-hydrogen) atoms. The minimum atomic E-state index is -3.56. The molecule has 0 aromatic carbocycles. The van der Waals surface area contributed by atoms with Gasteiger partial charge in [0.05, 0.1) is 11.5 Å². The van der Waals surface area contributed by atoms with Crippen LogP contribution in [0.4, 0.5) is 5.82 Å². The van der Waals surface area contributed by atoms with Gasteiger partial charge in [-0.15, -0.1) is 0 Å². The van der Waals surface area contributed by atoms with Gasteiger partial charge in [0.25, 0.3) is 0 Å². The predicted molar refractivity (Wildman–Crippen MR) is 69.6 cm³/mol. The van der Waals surface area contributed by atoms with Crippen LogP contribution in [0, 0.1) is 0 Å². The molecule has 0 spiro atoms. The molecular weight excluding hydrogens is 254 g/mol. The molecule has 0 aliphatic rings. The van der Waals surface area contributed by atoms with E-state index in [1.54, 1.807) is 21.0 Å². The largest absolute Gasteiger partial charge is 0.384 e. The Labute approximate surface area is 108 Å². The highest BCUT2D eigenvalue weighted by Crippen LogP contribution is 2.19. The Hall–Kier alpha value is -1.18. The van der Waals surface area contributed by atoms with E-state index in [1.807, 2.05) is 0 Å². The van der Waals surface area contributed by atoms with Crippen molar-refractivity contribution in [3.63, 3.8) is 0 Å². The fourth-order valence-corrected chi connectivity index (χ4v) is 3.41. The van der Waals surface area contributed by atoms with E-state index in [-0.39, 0.29) is 16.8 Å². The number of hydrogen-bond donors (Lipinski definition) is 1. The van der Waals surface area contributed by atoms with Gasteiger partial charge in [0.15, 0.2) is 0 Å². The summed E-state index contributed by atoms with van der Waals surface area (Å²) in [5.41, 5.74) is 5.51. The van der Waals surface area contributed by atoms with E-state index in [0.717, 1.165) is 0 Å². The lowest BCUT2D eigenvalue weighted by Gasteiger charge is -2.26. The standard InChI is InChI=1S/C11H19N3O3S/c1-4-14(9(2)8-17-3)18(15,16)10-5-6-13-11(12)7-10/h5-7,9H,4,8H2,1-3H3,(H2,12,13). The summed E-state index contributed by atoms with van der Waals surface area (Å²) < 4.78 is 31.2. The zero-order valence-corrected chi connectivity index (χ0v) is 11.6. The maximum Gasteiger partial charge on any atom is 0.243 e. The molecule has 1 atom stereocenters. The number of hydrogen-bond acceptors (Lipinski definition) is 5. The zero-order valence-electron chi connectivity index (χ0n) is 10.8. The van der Waals surface area contributed by atoms with Crippen molar-refractivity contribution < 1.29 is 13.2 Å². The summed E-state index contributed by atoms with van der Waals surface area (Å²) in [6, 6.07) is 2.56. The number of nitrogen functional groups attached to an aromatic ring is 1. The van der Waals surface area contributed by atoms with Crippen LogP contribution in [-0.4, -0.2) is 44.0 Å². The number of aromatic nitrogens is 1. The van der Waals surface area contributed by atoms with Gasteiger partial charge >= 0.3 is 0 Å². The number of sulfonamides is 1. The highest BCUT2D eigenvalue weighted by molar-refractivity contribution is 7.89. The quantitative estimate of drug-likeness (QED) is 0.825. The van der Waals surface area contributed by atoms with E-state index in [0.29, 0.717) is 13.2 Å². The minimum Gasteiger partial charge on any atom is -0.384 e. The number of likely N-dealkylation sites (N-methyl/N-ethyl adjacent to an activating group) is 1. The molecule has 0 fully saturated rings. The van der Waals surface area contributed by atoms with Crippen LogP contribution in [0.3, 0.4) is 0 Å². The predicted octanol–water partition coefficient (Wildman–Crippen LogP) is 0.709. The maximum atomic E-state index is 12.4. The van der Waals surface area contributed by atoms with Crippen LogP contribution in [0.5, 0.6) is 0 Å². The Kier molecular flexibility index (Phi) is 5.06. The van der Waals surface area contributed by atoms with Gasteiger partial charge in [0, 0.05) is 32.0 Å². The molecule has 0 saturated carbocycles. The number of pyridine rings is 1. The van der Waals surface area contributed by atoms with Crippen molar-refractivity contribution in [2.24, 2.45) is 0 Å². The molecule has 0 amide bonds. The highest BCUT2D eigenvalue weighted by Gasteiger charge is 2.27. The first-order valence-corrected chi connectivity index (χ1v) is 7.09. The lowest BCUT2D eigenvalue weighted by molar-refractivity contribution is 0.142. The van der Waals surface area contributed by atoms with E-state index < -0.39 is 10.0 Å². The number of anilines is 1. The van der Waals surface area contributed by atoms with Crippen molar-refractivity contribution in [3.05, 3.63) is 18.3 Å². The van der Waals surface area contributed by atoms with Gasteiger partial charge < -0.3 is 10.5 Å². The van der Waals surface area contributed by atoms with E-state index >= 15 is 0 Å². The molecule has 0 saturated heterocycles. The smallest absolute Gasteiger partial charge is 0.243 e. The van der Waals surface area contributed by atoms with Crippen molar-refractivity contribution in [1.29, 1.82) is 0 Å². The van der Waals surface area contributed by atoms with Crippen LogP contribution < -0.4 is 5.73 Å². The second kappa shape index (κ2) is 6.12. The Morgan fingerprint density at radius 2 is 2.22 bits per heavy atom. The third-order valence-electron chi connectivity index (χ3n) is 2.57. The molecule has 1 rings (SSSR count). The van der Waals surface area contributed by atoms with Crippen molar-refractivity contribution in [1.82, 2.24) is 9.29 Å². The average Bonchev–Trinajstić information content (AvgIpc) is 2.30. The first-order valence-electron chi connectivity index (χ1n) is 5.65. The second-order valence-corrected chi connectivity index (χ2v) is 5.82. The van der Waals surface area contributed by atoms with Gasteiger partial charge in [-0.3, -0.25) is 0 Å². The second-order valence-electron chi connectivity index (χ2n) is 3.93. The molecule has 7 heteroatoms. The number of ether oxygens (including phenoxy) is 1. The molecule has 1 aromatic rings. The summed E-state index contributed by atoms with van der Waals surface area (Å²) in [6.07, 6.45) is 1.39. The Bertz CT molecular complexity index is 490. The maximum absolute atomic E-state index is 12.4. The molecule has 6 nitrogen and oxygen atoms in total. The van der Waals surface area contributed by atoms with Gasteiger partial charge in [-0.25, -0.2) is 13.4 Å². The van der Waals surface area contributed by atoms with Gasteiger partial charge in [-0.2, -0.15) is 4.31 Å². The van der Waals surface area contributed by atoms with E-state index in [9.17, 15) is 8.42 Å². The van der Waals surface area contributed by atoms with Crippen LogP contribution in [0.2, 0.25) is 0 Å². The Morgan fingerprint density at radius 1 is 1.56 bits per heavy atom. The van der Waals surface area contributed by atoms with E-state index in [1.165, 1.54) is 22.6 Å². The molecule has 2 N–H and O–H groups in total. The molecule has 1 unspecified atom stereocenters. The Morgan fingerprint density at radius 3 is 2.72 bits per heavy atom. The summed E-state index contributed by atoms with van der Waals surface area (Å²) >= 11 is 0. The fraction of sp³-hybridized carbons (Fsp3) is 0.545. The summed E-state index contributed by atoms with van der Waals surface area (Å²) in [4.78, 5) is 3.94. The fourth-order valence-electron chi connectivity index (χ4n) is 1.77. The van der Waals surface area contributed by atoms with Crippen LogP contribution in [-0.2, 0) is 14.8 Å². The Balaban J connectivity index is 3.11. The minimum absolute atomic E-state index is 0.153. The van der Waals surface area contributed by atoms with Crippen LogP contribution in [0.1, 0.15) is 13.8 Å². The SMILES string of the molecule is CCN(C(C)COC)S(=O)(=O)c1ccnc(N)c1. The molecule has 0 aliphatic carbocycles. The monoisotopic (exact) mass is 273 g/mol. The van der Waals surface area contributed by atoms with E-state index in [2.05, 4.69) is 4.98 Å². The van der Waals surface area contributed by atoms with Crippen LogP contribution in [0.15, 0.2) is 23.2 Å². The van der Waals surface area contributed by atoms with Crippen LogP contribution in [0.25, 0.3) is 0 Å². The molecule has 0 radical (unpaired) electrons. The number of rotatable bonds is 6. The van der Waals surface area contributed by atoms with Gasteiger partial charge in [0.2, 0.25) is 10.0 Å². The molecule has 102 valence electrons. The van der Waals surface area contributed by atoms with Gasteiger partial charge in [-0.05, 0) is 13.0 Å². The summed E-state index contributed by atoms with van der Waals surface area (Å²) in [5, 5.41) is 0. The summed E-state index contributed by atoms with van der Waals surface area (Å²) in [7, 11) is -2.02. The lowest BCUT2D eigenvalue weighted by Crippen LogP contribution is -2.40. The summed E-state index contributed by atoms with van der Waals surface area (Å²) in [5.74, 6) is 0.187. The van der Waals surface area contributed by atoms with Crippen molar-refractivity contribution >= 4 is 15.8 Å². The number of nitrogens with zero attached hydrogens (tertiary/aromatic N) is 2. The van der Waals surface area contributed by atoms with Gasteiger partial charge in [-0.1, -0.05) is 6.92 Å². The molecule has 1 aromatic heterocycles. The number of nitrogens with two attached hydrogens (primary N) is 1. The third-order valence-corrected chi connectivity index (χ3v) is 4.66. The number of methoxy groups -OCH3 is 1. The molecule has 0 aliphatic heterocycles. The molecular formula is C11H19N3O3S. The third kappa shape index (κ3) is 3.18. The topological polar surface area (TPSA) is 85.5 Å². The first kappa shape index (κ1) is 14.9. The van der Waals surface area contributed by atoms with Crippen molar-refractivity contribution in [2.75, 3.05) is 26.0 Å². The van der Waals surface area contributed by atoms with Crippen molar-refractivity contribution in [2.45, 2.75) is 24.8 Å². The highest BCUT2D eigenvalue weighted by atomic mass is 32.2. The summed E-state index contributed by atoms with van der Waals surface area (Å²) in [6.45, 7) is 4.30. The molecule has 0 bridgehead atoms. The molecule has 1 heterocycles. The zero-order chi connectivity index (χ0) is 13.8. The lowest BCUT2D eigenvalue weighted by atomic mass is 10.4. The first-order chi connectivity index (χ1) is 8.43. The van der Waals surface area contributed by atoms with Crippen molar-refractivity contribution in [3.8, 4) is 0 Å². The van der Waals surface area contributed by atoms with Crippen LogP contribution >= 0.6 is 0 Å².